The maximum Gasteiger partial charge on any atom is 0.282 e. The zero-order valence-electron chi connectivity index (χ0n) is 10.5. The van der Waals surface area contributed by atoms with Gasteiger partial charge in [0.2, 0.25) is 5.03 Å². The van der Waals surface area contributed by atoms with Crippen LogP contribution in [0.25, 0.3) is 0 Å². The van der Waals surface area contributed by atoms with Crippen molar-refractivity contribution in [2.45, 2.75) is 5.03 Å². The lowest BCUT2D eigenvalue weighted by Gasteiger charge is -2.12. The summed E-state index contributed by atoms with van der Waals surface area (Å²) in [4.78, 5) is 0. The van der Waals surface area contributed by atoms with E-state index in [1.807, 2.05) is 0 Å². The molecule has 108 valence electrons. The van der Waals surface area contributed by atoms with Gasteiger partial charge in [-0.25, -0.2) is 4.68 Å². The highest BCUT2D eigenvalue weighted by Crippen LogP contribution is 2.30. The van der Waals surface area contributed by atoms with E-state index in [2.05, 4.69) is 31.0 Å². The number of benzene rings is 1. The summed E-state index contributed by atoms with van der Waals surface area (Å²) in [5, 5.41) is 7.55. The summed E-state index contributed by atoms with van der Waals surface area (Å²) in [6, 6.07) is 4.62. The summed E-state index contributed by atoms with van der Waals surface area (Å²) >= 11 is 8.91. The van der Waals surface area contributed by atoms with Gasteiger partial charge in [0.15, 0.2) is 4.60 Å². The molecule has 10 heteroatoms. The Kier molecular flexibility index (Phi) is 4.21. The molecule has 1 heterocycles. The fourth-order valence-corrected chi connectivity index (χ4v) is 3.89. The Morgan fingerprint density at radius 2 is 2.15 bits per heavy atom. The number of halogens is 2. The Morgan fingerprint density at radius 3 is 2.70 bits per heavy atom. The van der Waals surface area contributed by atoms with E-state index in [4.69, 9.17) is 16.3 Å². The average Bonchev–Trinajstić information content (AvgIpc) is 2.69. The molecule has 7 nitrogen and oxygen atoms in total. The van der Waals surface area contributed by atoms with Crippen molar-refractivity contribution < 1.29 is 13.2 Å². The molecule has 0 amide bonds. The second-order valence-electron chi connectivity index (χ2n) is 3.76. The first-order chi connectivity index (χ1) is 9.35. The first kappa shape index (κ1) is 15.1. The maximum atomic E-state index is 12.3. The van der Waals surface area contributed by atoms with Crippen LogP contribution in [0.4, 0.5) is 5.69 Å². The highest BCUT2D eigenvalue weighted by Gasteiger charge is 2.25. The van der Waals surface area contributed by atoms with Crippen molar-refractivity contribution in [3.8, 4) is 5.75 Å². The van der Waals surface area contributed by atoms with Gasteiger partial charge in [0.05, 0.1) is 12.8 Å². The van der Waals surface area contributed by atoms with E-state index in [0.717, 1.165) is 4.68 Å². The highest BCUT2D eigenvalue weighted by molar-refractivity contribution is 9.10. The van der Waals surface area contributed by atoms with Crippen LogP contribution >= 0.6 is 27.5 Å². The van der Waals surface area contributed by atoms with Crippen LogP contribution in [-0.2, 0) is 17.1 Å². The molecule has 0 radical (unpaired) electrons. The largest absolute Gasteiger partial charge is 0.495 e. The minimum atomic E-state index is -3.88. The average molecular weight is 382 g/mol. The number of aryl methyl sites for hydroxylation is 1. The van der Waals surface area contributed by atoms with Crippen LogP contribution in [0.5, 0.6) is 5.75 Å². The zero-order chi connectivity index (χ0) is 14.9. The Hall–Kier alpha value is -1.32. The van der Waals surface area contributed by atoms with Gasteiger partial charge in [-0.3, -0.25) is 4.72 Å². The number of ether oxygens (including phenoxy) is 1. The molecular weight excluding hydrogens is 372 g/mol. The Balaban J connectivity index is 2.46. The molecule has 20 heavy (non-hydrogen) atoms. The highest BCUT2D eigenvalue weighted by atomic mass is 79.9. The van der Waals surface area contributed by atoms with Crippen molar-refractivity contribution in [2.24, 2.45) is 7.05 Å². The third-order valence-electron chi connectivity index (χ3n) is 2.40. The van der Waals surface area contributed by atoms with Crippen LogP contribution in [0.3, 0.4) is 0 Å². The summed E-state index contributed by atoms with van der Waals surface area (Å²) in [5.74, 6) is 0.351. The molecule has 0 aliphatic carbocycles. The number of hydrogen-bond donors (Lipinski definition) is 1. The second kappa shape index (κ2) is 5.58. The quantitative estimate of drug-likeness (QED) is 0.876. The van der Waals surface area contributed by atoms with Crippen molar-refractivity contribution in [1.29, 1.82) is 0 Å². The second-order valence-corrected chi connectivity index (χ2v) is 6.54. The Labute approximate surface area is 129 Å². The molecule has 2 aromatic rings. The molecule has 0 bridgehead atoms. The van der Waals surface area contributed by atoms with Crippen molar-refractivity contribution in [2.75, 3.05) is 11.8 Å². The molecule has 1 aromatic carbocycles. The van der Waals surface area contributed by atoms with Crippen LogP contribution in [0, 0.1) is 0 Å². The topological polar surface area (TPSA) is 86.1 Å². The zero-order valence-corrected chi connectivity index (χ0v) is 13.6. The molecule has 2 rings (SSSR count). The lowest BCUT2D eigenvalue weighted by atomic mass is 10.3. The molecule has 0 aliphatic rings. The molecule has 0 saturated heterocycles. The van der Waals surface area contributed by atoms with E-state index in [1.54, 1.807) is 12.1 Å². The number of nitrogens with zero attached hydrogens (tertiary/aromatic N) is 3. The Morgan fingerprint density at radius 1 is 1.45 bits per heavy atom. The molecule has 0 unspecified atom stereocenters. The van der Waals surface area contributed by atoms with Crippen LogP contribution < -0.4 is 9.46 Å². The van der Waals surface area contributed by atoms with Crippen LogP contribution in [0.2, 0.25) is 5.02 Å². The van der Waals surface area contributed by atoms with E-state index in [1.165, 1.54) is 20.2 Å². The first-order valence-corrected chi connectivity index (χ1v) is 7.92. The van der Waals surface area contributed by atoms with Crippen LogP contribution in [-0.4, -0.2) is 30.5 Å². The SMILES string of the molecule is COc1ccc(Cl)cc1NS(=O)(=O)c1c(Br)nnn1C. The molecule has 0 aliphatic heterocycles. The predicted octanol–water partition coefficient (Wildman–Crippen LogP) is 2.04. The molecule has 1 aromatic heterocycles. The van der Waals surface area contributed by atoms with Gasteiger partial charge in [-0.05, 0) is 34.1 Å². The number of aromatic nitrogens is 3. The van der Waals surface area contributed by atoms with Gasteiger partial charge in [-0.15, -0.1) is 5.10 Å². The van der Waals surface area contributed by atoms with E-state index < -0.39 is 10.0 Å². The molecule has 0 atom stereocenters. The number of hydrogen-bond acceptors (Lipinski definition) is 5. The maximum absolute atomic E-state index is 12.3. The molecule has 1 N–H and O–H groups in total. The number of anilines is 1. The standard InChI is InChI=1S/C10H10BrClN4O3S/c1-16-10(9(11)13-15-16)20(17,18)14-7-5-6(12)3-4-8(7)19-2/h3-5,14H,1-2H3. The van der Waals surface area contributed by atoms with Crippen molar-refractivity contribution in [3.63, 3.8) is 0 Å². The minimum absolute atomic E-state index is 0.0977. The molecule has 0 spiro atoms. The van der Waals surface area contributed by atoms with Crippen LogP contribution in [0.15, 0.2) is 27.8 Å². The van der Waals surface area contributed by atoms with Crippen LogP contribution in [0.1, 0.15) is 0 Å². The summed E-state index contributed by atoms with van der Waals surface area (Å²) in [6.07, 6.45) is 0. The summed E-state index contributed by atoms with van der Waals surface area (Å²) in [7, 11) is -0.971. The third-order valence-corrected chi connectivity index (χ3v) is 4.88. The molecular formula is C10H10BrClN4O3S. The van der Waals surface area contributed by atoms with Crippen molar-refractivity contribution in [3.05, 3.63) is 27.8 Å². The first-order valence-electron chi connectivity index (χ1n) is 5.26. The van der Waals surface area contributed by atoms with Gasteiger partial charge in [0, 0.05) is 12.1 Å². The third kappa shape index (κ3) is 2.89. The van der Waals surface area contributed by atoms with E-state index in [9.17, 15) is 8.42 Å². The monoisotopic (exact) mass is 380 g/mol. The molecule has 0 fully saturated rings. The van der Waals surface area contributed by atoms with Gasteiger partial charge in [-0.1, -0.05) is 16.8 Å². The number of methoxy groups -OCH3 is 1. The lowest BCUT2D eigenvalue weighted by Crippen LogP contribution is -2.17. The van der Waals surface area contributed by atoms with E-state index in [0.29, 0.717) is 10.8 Å². The lowest BCUT2D eigenvalue weighted by molar-refractivity contribution is 0.417. The van der Waals surface area contributed by atoms with Crippen molar-refractivity contribution >= 4 is 43.2 Å². The minimum Gasteiger partial charge on any atom is -0.495 e. The summed E-state index contributed by atoms with van der Waals surface area (Å²) < 4.78 is 33.4. The smallest absolute Gasteiger partial charge is 0.282 e. The van der Waals surface area contributed by atoms with E-state index in [-0.39, 0.29) is 15.3 Å². The van der Waals surface area contributed by atoms with Gasteiger partial charge < -0.3 is 4.74 Å². The number of nitrogens with one attached hydrogen (secondary N) is 1. The van der Waals surface area contributed by atoms with Gasteiger partial charge in [-0.2, -0.15) is 8.42 Å². The number of sulfonamides is 1. The molecule has 0 saturated carbocycles. The normalized spacial score (nSPS) is 11.4. The van der Waals surface area contributed by atoms with Crippen molar-refractivity contribution in [1.82, 2.24) is 15.0 Å². The van der Waals surface area contributed by atoms with E-state index >= 15 is 0 Å². The fraction of sp³-hybridized carbons (Fsp3) is 0.200. The number of rotatable bonds is 4. The van der Waals surface area contributed by atoms with Gasteiger partial charge in [0.1, 0.15) is 5.75 Å². The van der Waals surface area contributed by atoms with Gasteiger partial charge in [0.25, 0.3) is 10.0 Å². The fourth-order valence-electron chi connectivity index (χ4n) is 1.56. The Bertz CT molecular complexity index is 727. The summed E-state index contributed by atoms with van der Waals surface area (Å²) in [5.41, 5.74) is 0.230. The van der Waals surface area contributed by atoms with Gasteiger partial charge >= 0.3 is 0 Å². The predicted molar refractivity (Wildman–Crippen MR) is 77.5 cm³/mol. The summed E-state index contributed by atoms with van der Waals surface area (Å²) in [6.45, 7) is 0.